The lowest BCUT2D eigenvalue weighted by Crippen LogP contribution is -2.21. The number of esters is 1. The van der Waals surface area contributed by atoms with Crippen LogP contribution in [0.1, 0.15) is 27.9 Å². The SMILES string of the molecule is O=C(COC(=O)c1cc(O)c2ccccc2c1O)Nc1ccc2c(c1)CCC2. The van der Waals surface area contributed by atoms with Gasteiger partial charge in [-0.2, -0.15) is 0 Å². The molecule has 0 saturated carbocycles. The van der Waals surface area contributed by atoms with E-state index in [9.17, 15) is 19.8 Å². The maximum atomic E-state index is 12.3. The number of aryl methyl sites for hydroxylation is 2. The van der Waals surface area contributed by atoms with Gasteiger partial charge in [-0.15, -0.1) is 0 Å². The number of phenolic OH excluding ortho intramolecular Hbond substituents is 2. The van der Waals surface area contributed by atoms with Crippen molar-refractivity contribution in [3.05, 3.63) is 65.2 Å². The molecular weight excluding hydrogens is 358 g/mol. The molecule has 0 atom stereocenters. The van der Waals surface area contributed by atoms with E-state index in [1.54, 1.807) is 24.3 Å². The van der Waals surface area contributed by atoms with E-state index in [1.165, 1.54) is 11.1 Å². The number of carbonyl (C=O) groups is 2. The van der Waals surface area contributed by atoms with Crippen molar-refractivity contribution in [3.8, 4) is 11.5 Å². The van der Waals surface area contributed by atoms with Gasteiger partial charge in [-0.25, -0.2) is 4.79 Å². The lowest BCUT2D eigenvalue weighted by molar-refractivity contribution is -0.119. The first-order chi connectivity index (χ1) is 13.5. The number of phenols is 2. The van der Waals surface area contributed by atoms with E-state index in [1.807, 2.05) is 18.2 Å². The van der Waals surface area contributed by atoms with Crippen molar-refractivity contribution in [3.63, 3.8) is 0 Å². The Bertz CT molecular complexity index is 1090. The number of aromatic hydroxyl groups is 2. The van der Waals surface area contributed by atoms with E-state index in [4.69, 9.17) is 4.74 Å². The third kappa shape index (κ3) is 3.36. The molecular formula is C22H19NO5. The Morgan fingerprint density at radius 2 is 1.71 bits per heavy atom. The van der Waals surface area contributed by atoms with Crippen LogP contribution in [0.25, 0.3) is 10.8 Å². The fourth-order valence-electron chi connectivity index (χ4n) is 3.55. The summed E-state index contributed by atoms with van der Waals surface area (Å²) in [6, 6.07) is 13.5. The van der Waals surface area contributed by atoms with Gasteiger partial charge >= 0.3 is 5.97 Å². The molecule has 3 N–H and O–H groups in total. The highest BCUT2D eigenvalue weighted by atomic mass is 16.5. The number of rotatable bonds is 4. The van der Waals surface area contributed by atoms with Crippen LogP contribution < -0.4 is 5.32 Å². The highest BCUT2D eigenvalue weighted by molar-refractivity contribution is 6.04. The standard InChI is InChI=1S/C22H19NO5/c24-19-11-18(21(26)17-7-2-1-6-16(17)19)22(27)28-12-20(25)23-15-9-8-13-4-3-5-14(13)10-15/h1-2,6-11,24,26H,3-5,12H2,(H,23,25). The largest absolute Gasteiger partial charge is 0.507 e. The van der Waals surface area contributed by atoms with Crippen molar-refractivity contribution >= 4 is 28.3 Å². The molecule has 6 heteroatoms. The molecule has 28 heavy (non-hydrogen) atoms. The maximum Gasteiger partial charge on any atom is 0.342 e. The van der Waals surface area contributed by atoms with Crippen LogP contribution in [0.4, 0.5) is 5.69 Å². The predicted molar refractivity (Wildman–Crippen MR) is 105 cm³/mol. The monoisotopic (exact) mass is 377 g/mol. The van der Waals surface area contributed by atoms with Gasteiger partial charge in [0.25, 0.3) is 5.91 Å². The van der Waals surface area contributed by atoms with E-state index < -0.39 is 18.5 Å². The van der Waals surface area contributed by atoms with Gasteiger partial charge < -0.3 is 20.3 Å². The molecule has 0 spiro atoms. The van der Waals surface area contributed by atoms with E-state index in [0.717, 1.165) is 25.3 Å². The predicted octanol–water partition coefficient (Wildman–Crippen LogP) is 3.54. The van der Waals surface area contributed by atoms with E-state index in [-0.39, 0.29) is 17.1 Å². The minimum Gasteiger partial charge on any atom is -0.507 e. The summed E-state index contributed by atoms with van der Waals surface area (Å²) >= 11 is 0. The molecule has 3 aromatic rings. The van der Waals surface area contributed by atoms with Crippen LogP contribution >= 0.6 is 0 Å². The molecule has 142 valence electrons. The average molecular weight is 377 g/mol. The summed E-state index contributed by atoms with van der Waals surface area (Å²) in [6.07, 6.45) is 3.18. The summed E-state index contributed by atoms with van der Waals surface area (Å²) in [6.45, 7) is -0.497. The second kappa shape index (κ2) is 7.23. The summed E-state index contributed by atoms with van der Waals surface area (Å²) in [4.78, 5) is 24.4. The third-order valence-corrected chi connectivity index (χ3v) is 4.93. The Hall–Kier alpha value is -3.54. The molecule has 1 aliphatic rings. The number of hydrogen-bond acceptors (Lipinski definition) is 5. The number of benzene rings is 3. The molecule has 0 heterocycles. The molecule has 1 amide bonds. The molecule has 0 aromatic heterocycles. The van der Waals surface area contributed by atoms with Crippen molar-refractivity contribution in [2.24, 2.45) is 0 Å². The average Bonchev–Trinajstić information content (AvgIpc) is 3.17. The van der Waals surface area contributed by atoms with Crippen molar-refractivity contribution in [2.45, 2.75) is 19.3 Å². The summed E-state index contributed by atoms with van der Waals surface area (Å²) in [7, 11) is 0. The fraction of sp³-hybridized carbons (Fsp3) is 0.182. The molecule has 0 saturated heterocycles. The number of nitrogens with one attached hydrogen (secondary N) is 1. The lowest BCUT2D eigenvalue weighted by atomic mass is 10.0. The molecule has 1 aliphatic carbocycles. The van der Waals surface area contributed by atoms with Gasteiger partial charge in [0.15, 0.2) is 6.61 Å². The van der Waals surface area contributed by atoms with Gasteiger partial charge in [0.2, 0.25) is 0 Å². The van der Waals surface area contributed by atoms with Crippen LogP contribution in [-0.2, 0) is 22.4 Å². The number of ether oxygens (including phenoxy) is 1. The maximum absolute atomic E-state index is 12.3. The van der Waals surface area contributed by atoms with Crippen molar-refractivity contribution < 1.29 is 24.5 Å². The smallest absolute Gasteiger partial charge is 0.342 e. The zero-order valence-electron chi connectivity index (χ0n) is 15.1. The molecule has 4 rings (SSSR count). The number of hydrogen-bond donors (Lipinski definition) is 3. The number of fused-ring (bicyclic) bond motifs is 2. The summed E-state index contributed by atoms with van der Waals surface area (Å²) in [5.41, 5.74) is 3.00. The van der Waals surface area contributed by atoms with Crippen molar-refractivity contribution in [1.29, 1.82) is 0 Å². The van der Waals surface area contributed by atoms with E-state index in [2.05, 4.69) is 5.32 Å². The molecule has 0 radical (unpaired) electrons. The van der Waals surface area contributed by atoms with Gasteiger partial charge in [0, 0.05) is 16.5 Å². The Morgan fingerprint density at radius 1 is 0.964 bits per heavy atom. The van der Waals surface area contributed by atoms with Crippen LogP contribution in [0.5, 0.6) is 11.5 Å². The Morgan fingerprint density at radius 3 is 2.54 bits per heavy atom. The second-order valence-corrected chi connectivity index (χ2v) is 6.80. The van der Waals surface area contributed by atoms with Crippen molar-refractivity contribution in [1.82, 2.24) is 0 Å². The quantitative estimate of drug-likeness (QED) is 0.477. The number of anilines is 1. The molecule has 0 aliphatic heterocycles. The highest BCUT2D eigenvalue weighted by Gasteiger charge is 2.19. The van der Waals surface area contributed by atoms with Crippen LogP contribution in [0.3, 0.4) is 0 Å². The topological polar surface area (TPSA) is 95.9 Å². The van der Waals surface area contributed by atoms with Crippen LogP contribution in [-0.4, -0.2) is 28.7 Å². The molecule has 0 fully saturated rings. The Labute approximate surface area is 161 Å². The lowest BCUT2D eigenvalue weighted by Gasteiger charge is -2.11. The highest BCUT2D eigenvalue weighted by Crippen LogP contribution is 2.35. The van der Waals surface area contributed by atoms with Gasteiger partial charge in [0.05, 0.1) is 0 Å². The Kier molecular flexibility index (Phi) is 4.61. The first-order valence-corrected chi connectivity index (χ1v) is 9.05. The van der Waals surface area contributed by atoms with Crippen LogP contribution in [0.2, 0.25) is 0 Å². The fourth-order valence-corrected chi connectivity index (χ4v) is 3.55. The van der Waals surface area contributed by atoms with Gasteiger partial charge in [-0.05, 0) is 48.6 Å². The molecule has 3 aromatic carbocycles. The van der Waals surface area contributed by atoms with Crippen molar-refractivity contribution in [2.75, 3.05) is 11.9 Å². The van der Waals surface area contributed by atoms with E-state index >= 15 is 0 Å². The third-order valence-electron chi connectivity index (χ3n) is 4.93. The van der Waals surface area contributed by atoms with E-state index in [0.29, 0.717) is 16.5 Å². The summed E-state index contributed by atoms with van der Waals surface area (Å²) in [5.74, 6) is -1.81. The molecule has 0 bridgehead atoms. The second-order valence-electron chi connectivity index (χ2n) is 6.80. The number of amides is 1. The minimum absolute atomic E-state index is 0.150. The summed E-state index contributed by atoms with van der Waals surface area (Å²) < 4.78 is 5.02. The summed E-state index contributed by atoms with van der Waals surface area (Å²) in [5, 5.41) is 23.9. The van der Waals surface area contributed by atoms with Gasteiger partial charge in [0.1, 0.15) is 17.1 Å². The Balaban J connectivity index is 1.43. The molecule has 6 nitrogen and oxygen atoms in total. The van der Waals surface area contributed by atoms with Crippen LogP contribution in [0, 0.1) is 0 Å². The normalized spacial score (nSPS) is 12.6. The molecule has 0 unspecified atom stereocenters. The zero-order chi connectivity index (χ0) is 19.7. The van der Waals surface area contributed by atoms with Gasteiger partial charge in [-0.3, -0.25) is 4.79 Å². The zero-order valence-corrected chi connectivity index (χ0v) is 15.1. The van der Waals surface area contributed by atoms with Crippen LogP contribution in [0.15, 0.2) is 48.5 Å². The first-order valence-electron chi connectivity index (χ1n) is 9.05. The van der Waals surface area contributed by atoms with Gasteiger partial charge in [-0.1, -0.05) is 30.3 Å². The number of carbonyl (C=O) groups excluding carboxylic acids is 2. The minimum atomic E-state index is -0.886. The first kappa shape index (κ1) is 17.9.